The number of amides is 2. The van der Waals surface area contributed by atoms with E-state index in [9.17, 15) is 9.59 Å². The monoisotopic (exact) mass is 401 g/mol. The van der Waals surface area contributed by atoms with Crippen molar-refractivity contribution in [3.05, 3.63) is 69.6 Å². The maximum absolute atomic E-state index is 12.7. The molecule has 1 heterocycles. The molecule has 1 aliphatic rings. The molecule has 140 valence electrons. The van der Waals surface area contributed by atoms with Crippen LogP contribution in [-0.4, -0.2) is 29.2 Å². The molecule has 0 spiro atoms. The van der Waals surface area contributed by atoms with Gasteiger partial charge in [0.1, 0.15) is 5.75 Å². The van der Waals surface area contributed by atoms with Gasteiger partial charge in [0, 0.05) is 17.1 Å². The first-order valence-corrected chi connectivity index (χ1v) is 9.99. The summed E-state index contributed by atoms with van der Waals surface area (Å²) in [6.07, 6.45) is 3.24. The van der Waals surface area contributed by atoms with E-state index in [1.807, 2.05) is 37.3 Å². The summed E-state index contributed by atoms with van der Waals surface area (Å²) in [6, 6.07) is 15.3. The van der Waals surface area contributed by atoms with Crippen LogP contribution in [0.5, 0.6) is 5.75 Å². The van der Waals surface area contributed by atoms with Gasteiger partial charge in [-0.2, -0.15) is 0 Å². The van der Waals surface area contributed by atoms with Crippen LogP contribution in [0.1, 0.15) is 24.5 Å². The van der Waals surface area contributed by atoms with Crippen LogP contribution in [0.25, 0.3) is 6.08 Å². The first-order valence-electron chi connectivity index (χ1n) is 8.80. The van der Waals surface area contributed by atoms with Crippen LogP contribution in [0.2, 0.25) is 5.02 Å². The van der Waals surface area contributed by atoms with Crippen molar-refractivity contribution >= 4 is 40.6 Å². The molecule has 0 aliphatic carbocycles. The van der Waals surface area contributed by atoms with Gasteiger partial charge in [0.25, 0.3) is 11.1 Å². The highest BCUT2D eigenvalue weighted by molar-refractivity contribution is 8.18. The molecule has 0 N–H and O–H groups in total. The number of halogens is 1. The minimum absolute atomic E-state index is 0.237. The number of carbonyl (C=O) groups excluding carboxylic acids is 2. The Kier molecular flexibility index (Phi) is 6.58. The highest BCUT2D eigenvalue weighted by Crippen LogP contribution is 2.35. The molecule has 27 heavy (non-hydrogen) atoms. The van der Waals surface area contributed by atoms with E-state index in [4.69, 9.17) is 16.3 Å². The average molecular weight is 402 g/mol. The van der Waals surface area contributed by atoms with Gasteiger partial charge in [-0.3, -0.25) is 14.5 Å². The number of aryl methyl sites for hydroxylation is 1. The molecule has 3 rings (SSSR count). The quantitative estimate of drug-likeness (QED) is 0.582. The summed E-state index contributed by atoms with van der Waals surface area (Å²) in [5.74, 6) is 0.373. The Morgan fingerprint density at radius 3 is 2.67 bits per heavy atom. The molecule has 2 aromatic carbocycles. The second-order valence-electron chi connectivity index (χ2n) is 6.04. The fraction of sp³-hybridized carbons (Fsp3) is 0.238. The van der Waals surface area contributed by atoms with Gasteiger partial charge in [-0.1, -0.05) is 41.9 Å². The number of hydrogen-bond acceptors (Lipinski definition) is 4. The van der Waals surface area contributed by atoms with Gasteiger partial charge in [-0.25, -0.2) is 0 Å². The van der Waals surface area contributed by atoms with Crippen molar-refractivity contribution in [1.82, 2.24) is 4.90 Å². The van der Waals surface area contributed by atoms with Gasteiger partial charge in [-0.15, -0.1) is 0 Å². The SMILES string of the molecule is CCOc1ccc(Cl)cc1/C=C1\SC(=O)N(CCCc2ccccc2)C1=O. The van der Waals surface area contributed by atoms with Crippen molar-refractivity contribution in [3.8, 4) is 5.75 Å². The molecule has 2 aromatic rings. The van der Waals surface area contributed by atoms with E-state index in [0.717, 1.165) is 24.6 Å². The van der Waals surface area contributed by atoms with E-state index in [-0.39, 0.29) is 11.1 Å². The van der Waals surface area contributed by atoms with Crippen LogP contribution >= 0.6 is 23.4 Å². The molecule has 2 amide bonds. The third-order valence-corrected chi connectivity index (χ3v) is 5.26. The van der Waals surface area contributed by atoms with E-state index >= 15 is 0 Å². The molecule has 1 fully saturated rings. The van der Waals surface area contributed by atoms with E-state index < -0.39 is 0 Å². The molecule has 0 aromatic heterocycles. The maximum Gasteiger partial charge on any atom is 0.293 e. The Morgan fingerprint density at radius 1 is 1.15 bits per heavy atom. The zero-order valence-electron chi connectivity index (χ0n) is 15.0. The molecule has 1 saturated heterocycles. The molecule has 0 saturated carbocycles. The number of ether oxygens (including phenoxy) is 1. The van der Waals surface area contributed by atoms with Crippen molar-refractivity contribution in [2.24, 2.45) is 0 Å². The molecule has 4 nitrogen and oxygen atoms in total. The minimum atomic E-state index is -0.263. The number of rotatable bonds is 7. The number of benzene rings is 2. The van der Waals surface area contributed by atoms with Gasteiger partial charge in [0.2, 0.25) is 0 Å². The summed E-state index contributed by atoms with van der Waals surface area (Å²) >= 11 is 7.02. The zero-order chi connectivity index (χ0) is 19.2. The topological polar surface area (TPSA) is 46.6 Å². The van der Waals surface area contributed by atoms with E-state index in [0.29, 0.717) is 34.4 Å². The highest BCUT2D eigenvalue weighted by Gasteiger charge is 2.34. The van der Waals surface area contributed by atoms with Gasteiger partial charge in [0.05, 0.1) is 11.5 Å². The first-order chi connectivity index (χ1) is 13.1. The minimum Gasteiger partial charge on any atom is -0.493 e. The van der Waals surface area contributed by atoms with Crippen molar-refractivity contribution in [2.45, 2.75) is 19.8 Å². The van der Waals surface area contributed by atoms with Crippen molar-refractivity contribution in [1.29, 1.82) is 0 Å². The zero-order valence-corrected chi connectivity index (χ0v) is 16.6. The standard InChI is InChI=1S/C21H20ClNO3S/c1-2-26-18-11-10-17(22)13-16(18)14-19-20(24)23(21(25)27-19)12-6-9-15-7-4-3-5-8-15/h3-5,7-8,10-11,13-14H,2,6,9,12H2,1H3/b19-14-. The number of imide groups is 1. The average Bonchev–Trinajstić information content (AvgIpc) is 2.92. The van der Waals surface area contributed by atoms with Crippen LogP contribution in [0.15, 0.2) is 53.4 Å². The predicted molar refractivity (Wildman–Crippen MR) is 110 cm³/mol. The van der Waals surface area contributed by atoms with Crippen LogP contribution in [-0.2, 0) is 11.2 Å². The van der Waals surface area contributed by atoms with Crippen LogP contribution < -0.4 is 4.74 Å². The normalized spacial score (nSPS) is 15.6. The predicted octanol–water partition coefficient (Wildman–Crippen LogP) is 5.41. The van der Waals surface area contributed by atoms with E-state index in [1.54, 1.807) is 24.3 Å². The molecule has 6 heteroatoms. The lowest BCUT2D eigenvalue weighted by Gasteiger charge is -2.12. The third kappa shape index (κ3) is 4.93. The number of hydrogen-bond donors (Lipinski definition) is 0. The molecule has 0 atom stereocenters. The maximum atomic E-state index is 12.7. The van der Waals surface area contributed by atoms with Crippen molar-refractivity contribution in [3.63, 3.8) is 0 Å². The molecule has 0 radical (unpaired) electrons. The number of thioether (sulfide) groups is 1. The molecule has 1 aliphatic heterocycles. The summed E-state index contributed by atoms with van der Waals surface area (Å²) in [7, 11) is 0. The molecular formula is C21H20ClNO3S. The third-order valence-electron chi connectivity index (χ3n) is 4.12. The fourth-order valence-corrected chi connectivity index (χ4v) is 3.88. The van der Waals surface area contributed by atoms with E-state index in [2.05, 4.69) is 0 Å². The lowest BCUT2D eigenvalue weighted by molar-refractivity contribution is -0.122. The number of nitrogens with zero attached hydrogens (tertiary/aromatic N) is 1. The summed E-state index contributed by atoms with van der Waals surface area (Å²) in [5, 5.41) is 0.311. The smallest absolute Gasteiger partial charge is 0.293 e. The lowest BCUT2D eigenvalue weighted by Crippen LogP contribution is -2.29. The van der Waals surface area contributed by atoms with Crippen LogP contribution in [0, 0.1) is 0 Å². The fourth-order valence-electron chi connectivity index (χ4n) is 2.84. The largest absolute Gasteiger partial charge is 0.493 e. The number of carbonyl (C=O) groups is 2. The van der Waals surface area contributed by atoms with Crippen LogP contribution in [0.3, 0.4) is 0 Å². The lowest BCUT2D eigenvalue weighted by atomic mass is 10.1. The van der Waals surface area contributed by atoms with Crippen molar-refractivity contribution in [2.75, 3.05) is 13.2 Å². The van der Waals surface area contributed by atoms with Gasteiger partial charge < -0.3 is 4.74 Å². The second kappa shape index (κ2) is 9.11. The second-order valence-corrected chi connectivity index (χ2v) is 7.47. The van der Waals surface area contributed by atoms with Crippen molar-refractivity contribution < 1.29 is 14.3 Å². The Balaban J connectivity index is 1.70. The Morgan fingerprint density at radius 2 is 1.93 bits per heavy atom. The Hall–Kier alpha value is -2.24. The summed E-state index contributed by atoms with van der Waals surface area (Å²) in [4.78, 5) is 26.6. The van der Waals surface area contributed by atoms with Crippen LogP contribution in [0.4, 0.5) is 4.79 Å². The summed E-state index contributed by atoms with van der Waals surface area (Å²) in [6.45, 7) is 2.80. The molecular weight excluding hydrogens is 382 g/mol. The summed E-state index contributed by atoms with van der Waals surface area (Å²) in [5.41, 5.74) is 1.89. The molecule has 0 bridgehead atoms. The Labute approximate surface area is 168 Å². The van der Waals surface area contributed by atoms with Gasteiger partial charge in [0.15, 0.2) is 0 Å². The summed E-state index contributed by atoms with van der Waals surface area (Å²) < 4.78 is 5.58. The first kappa shape index (κ1) is 19.5. The van der Waals surface area contributed by atoms with E-state index in [1.165, 1.54) is 10.5 Å². The molecule has 0 unspecified atom stereocenters. The van der Waals surface area contributed by atoms with Gasteiger partial charge in [-0.05, 0) is 61.4 Å². The highest BCUT2D eigenvalue weighted by atomic mass is 35.5. The Bertz CT molecular complexity index is 867. The van der Waals surface area contributed by atoms with Gasteiger partial charge >= 0.3 is 0 Å².